The van der Waals surface area contributed by atoms with Crippen LogP contribution in [-0.2, 0) is 4.57 Å². The Bertz CT molecular complexity index is 424. The molecule has 0 aliphatic heterocycles. The van der Waals surface area contributed by atoms with E-state index in [1.807, 2.05) is 6.92 Å². The molecule has 2 rings (SSSR count). The fourth-order valence-corrected chi connectivity index (χ4v) is 6.11. The van der Waals surface area contributed by atoms with Gasteiger partial charge in [0, 0.05) is 17.1 Å². The van der Waals surface area contributed by atoms with E-state index in [0.717, 1.165) is 25.7 Å². The van der Waals surface area contributed by atoms with Crippen molar-refractivity contribution in [2.75, 3.05) is 6.16 Å². The van der Waals surface area contributed by atoms with E-state index in [0.29, 0.717) is 11.5 Å². The van der Waals surface area contributed by atoms with Crippen LogP contribution < -0.4 is 5.30 Å². The van der Waals surface area contributed by atoms with E-state index in [9.17, 15) is 8.96 Å². The largest absolute Gasteiger partial charge is 0.318 e. The monoisotopic (exact) mass is 254 g/mol. The van der Waals surface area contributed by atoms with Crippen molar-refractivity contribution in [3.8, 4) is 0 Å². The zero-order chi connectivity index (χ0) is 12.3. The molecule has 0 heterocycles. The first-order chi connectivity index (χ1) is 8.18. The van der Waals surface area contributed by atoms with Crippen LogP contribution in [0.4, 0.5) is 4.39 Å². The summed E-state index contributed by atoms with van der Waals surface area (Å²) in [7, 11) is -2.54. The third-order valence-corrected chi connectivity index (χ3v) is 7.71. The first-order valence-electron chi connectivity index (χ1n) is 6.52. The fraction of sp³-hybridized carbons (Fsp3) is 0.571. The predicted molar refractivity (Wildman–Crippen MR) is 71.1 cm³/mol. The first kappa shape index (κ1) is 12.8. The molecule has 0 N–H and O–H groups in total. The molecule has 0 amide bonds. The standard InChI is InChI=1S/C14H20FOP/c1-2-17(16,12-8-4-3-5-9-12)14-11-7-6-10-13(14)15/h6-7,10-12H,2-5,8-9H2,1H3. The second-order valence-corrected chi connectivity index (χ2v) is 8.29. The highest BCUT2D eigenvalue weighted by atomic mass is 31.2. The molecule has 0 radical (unpaired) electrons. The summed E-state index contributed by atoms with van der Waals surface area (Å²) in [6.07, 6.45) is 6.10. The maximum absolute atomic E-state index is 13.9. The average molecular weight is 254 g/mol. The first-order valence-corrected chi connectivity index (χ1v) is 8.48. The van der Waals surface area contributed by atoms with E-state index < -0.39 is 7.14 Å². The van der Waals surface area contributed by atoms with Gasteiger partial charge in [-0.3, -0.25) is 0 Å². The second-order valence-electron chi connectivity index (χ2n) is 4.86. The Morgan fingerprint density at radius 1 is 1.24 bits per heavy atom. The highest BCUT2D eigenvalue weighted by Gasteiger charge is 2.35. The summed E-state index contributed by atoms with van der Waals surface area (Å²) in [6, 6.07) is 6.61. The molecule has 0 bridgehead atoms. The Labute approximate surface area is 103 Å². The summed E-state index contributed by atoms with van der Waals surface area (Å²) in [6.45, 7) is 1.93. The van der Waals surface area contributed by atoms with E-state index in [4.69, 9.17) is 0 Å². The number of rotatable bonds is 3. The van der Waals surface area contributed by atoms with Crippen LogP contribution in [0.15, 0.2) is 24.3 Å². The van der Waals surface area contributed by atoms with Crippen LogP contribution in [0.5, 0.6) is 0 Å². The Balaban J connectivity index is 2.36. The lowest BCUT2D eigenvalue weighted by Gasteiger charge is -2.30. The van der Waals surface area contributed by atoms with E-state index >= 15 is 0 Å². The average Bonchev–Trinajstić information content (AvgIpc) is 2.39. The molecule has 1 saturated carbocycles. The predicted octanol–water partition coefficient (Wildman–Crippen LogP) is 4.17. The van der Waals surface area contributed by atoms with Crippen LogP contribution in [0.1, 0.15) is 39.0 Å². The SMILES string of the molecule is CCP(=O)(c1ccccc1F)C1CCCCC1. The lowest BCUT2D eigenvalue weighted by atomic mass is 10.0. The van der Waals surface area contributed by atoms with Gasteiger partial charge in [0.25, 0.3) is 0 Å². The van der Waals surface area contributed by atoms with Crippen molar-refractivity contribution < 1.29 is 8.96 Å². The number of benzene rings is 1. The molecule has 1 fully saturated rings. The van der Waals surface area contributed by atoms with Crippen LogP contribution in [0.3, 0.4) is 0 Å². The molecule has 1 aromatic rings. The summed E-state index contributed by atoms with van der Waals surface area (Å²) in [4.78, 5) is 0. The van der Waals surface area contributed by atoms with Gasteiger partial charge in [-0.15, -0.1) is 0 Å². The van der Waals surface area contributed by atoms with Crippen LogP contribution in [-0.4, -0.2) is 11.8 Å². The van der Waals surface area contributed by atoms with Crippen molar-refractivity contribution in [1.29, 1.82) is 0 Å². The van der Waals surface area contributed by atoms with Gasteiger partial charge in [0.2, 0.25) is 0 Å². The van der Waals surface area contributed by atoms with E-state index in [-0.39, 0.29) is 11.5 Å². The summed E-state index contributed by atoms with van der Waals surface area (Å²) < 4.78 is 27.0. The Morgan fingerprint density at radius 2 is 1.88 bits per heavy atom. The van der Waals surface area contributed by atoms with Gasteiger partial charge in [-0.1, -0.05) is 38.3 Å². The van der Waals surface area contributed by atoms with Crippen molar-refractivity contribution in [2.24, 2.45) is 0 Å². The molecule has 1 unspecified atom stereocenters. The van der Waals surface area contributed by atoms with Crippen molar-refractivity contribution in [2.45, 2.75) is 44.7 Å². The summed E-state index contributed by atoms with van der Waals surface area (Å²) in [5.41, 5.74) is 0.207. The second kappa shape index (κ2) is 5.35. The lowest BCUT2D eigenvalue weighted by Crippen LogP contribution is -2.23. The van der Waals surface area contributed by atoms with Crippen molar-refractivity contribution in [1.82, 2.24) is 0 Å². The van der Waals surface area contributed by atoms with Gasteiger partial charge in [-0.25, -0.2) is 4.39 Å². The molecule has 1 aliphatic carbocycles. The normalized spacial score (nSPS) is 21.1. The van der Waals surface area contributed by atoms with E-state index in [1.54, 1.807) is 18.2 Å². The fourth-order valence-electron chi connectivity index (χ4n) is 2.88. The minimum atomic E-state index is -2.54. The molecule has 0 saturated heterocycles. The van der Waals surface area contributed by atoms with Gasteiger partial charge < -0.3 is 4.57 Å². The van der Waals surface area contributed by atoms with Gasteiger partial charge in [-0.2, -0.15) is 0 Å². The van der Waals surface area contributed by atoms with E-state index in [2.05, 4.69) is 0 Å². The number of halogens is 1. The van der Waals surface area contributed by atoms with Crippen molar-refractivity contribution in [3.63, 3.8) is 0 Å². The highest BCUT2D eigenvalue weighted by Crippen LogP contribution is 2.54. The molecular weight excluding hydrogens is 234 g/mol. The third kappa shape index (κ3) is 2.47. The molecule has 17 heavy (non-hydrogen) atoms. The van der Waals surface area contributed by atoms with Gasteiger partial charge in [0.05, 0.1) is 0 Å². The summed E-state index contributed by atoms with van der Waals surface area (Å²) in [5, 5.41) is 0.481. The van der Waals surface area contributed by atoms with Crippen molar-refractivity contribution >= 4 is 12.4 Å². The summed E-state index contributed by atoms with van der Waals surface area (Å²) in [5.74, 6) is -0.289. The minimum absolute atomic E-state index is 0.207. The smallest absolute Gasteiger partial charge is 0.133 e. The zero-order valence-corrected chi connectivity index (χ0v) is 11.3. The molecule has 3 heteroatoms. The van der Waals surface area contributed by atoms with Gasteiger partial charge >= 0.3 is 0 Å². The molecule has 1 aromatic carbocycles. The quantitative estimate of drug-likeness (QED) is 0.740. The van der Waals surface area contributed by atoms with Gasteiger partial charge in [0.15, 0.2) is 0 Å². The Hall–Kier alpha value is -0.620. The molecule has 94 valence electrons. The summed E-state index contributed by atoms with van der Waals surface area (Å²) >= 11 is 0. The molecule has 1 aliphatic rings. The van der Waals surface area contributed by atoms with Gasteiger partial charge in [-0.05, 0) is 25.0 Å². The number of hydrogen-bond acceptors (Lipinski definition) is 1. The van der Waals surface area contributed by atoms with Crippen molar-refractivity contribution in [3.05, 3.63) is 30.1 Å². The topological polar surface area (TPSA) is 17.1 Å². The molecule has 0 aromatic heterocycles. The lowest BCUT2D eigenvalue weighted by molar-refractivity contribution is 0.486. The molecular formula is C14H20FOP. The minimum Gasteiger partial charge on any atom is -0.318 e. The van der Waals surface area contributed by atoms with Crippen LogP contribution in [0.25, 0.3) is 0 Å². The Morgan fingerprint density at radius 3 is 2.47 bits per heavy atom. The molecule has 1 atom stereocenters. The van der Waals surface area contributed by atoms with E-state index in [1.165, 1.54) is 12.5 Å². The van der Waals surface area contributed by atoms with Crippen LogP contribution in [0, 0.1) is 5.82 Å². The van der Waals surface area contributed by atoms with Crippen LogP contribution in [0.2, 0.25) is 0 Å². The highest BCUT2D eigenvalue weighted by molar-refractivity contribution is 7.72. The number of hydrogen-bond donors (Lipinski definition) is 0. The van der Waals surface area contributed by atoms with Gasteiger partial charge in [0.1, 0.15) is 13.0 Å². The molecule has 0 spiro atoms. The molecule has 1 nitrogen and oxygen atoms in total. The maximum atomic E-state index is 13.9. The Kier molecular flexibility index (Phi) is 4.04. The zero-order valence-electron chi connectivity index (χ0n) is 10.4. The third-order valence-electron chi connectivity index (χ3n) is 3.89. The van der Waals surface area contributed by atoms with Crippen LogP contribution >= 0.6 is 7.14 Å². The maximum Gasteiger partial charge on any atom is 0.133 e.